The third-order valence-corrected chi connectivity index (χ3v) is 5.34. The van der Waals surface area contributed by atoms with Crippen molar-refractivity contribution < 1.29 is 14.4 Å². The van der Waals surface area contributed by atoms with Crippen molar-refractivity contribution in [1.29, 1.82) is 0 Å². The van der Waals surface area contributed by atoms with Crippen LogP contribution in [0.5, 0.6) is 5.88 Å². The number of hydrogen-bond donors (Lipinski definition) is 0. The molecule has 30 heavy (non-hydrogen) atoms. The van der Waals surface area contributed by atoms with Crippen molar-refractivity contribution in [2.75, 3.05) is 13.2 Å². The fourth-order valence-corrected chi connectivity index (χ4v) is 3.79. The number of nitrogens with zero attached hydrogens (tertiary/aromatic N) is 7. The molecule has 3 aromatic rings. The monoisotopic (exact) mass is 455 g/mol. The van der Waals surface area contributed by atoms with Gasteiger partial charge in [-0.25, -0.2) is 9.67 Å². The molecule has 4 rings (SSSR count). The summed E-state index contributed by atoms with van der Waals surface area (Å²) in [6.45, 7) is 3.22. The molecule has 0 spiro atoms. The minimum Gasteiger partial charge on any atom is -0.472 e. The quantitative estimate of drug-likeness (QED) is 0.229. The van der Waals surface area contributed by atoms with E-state index in [2.05, 4.69) is 20.2 Å². The van der Waals surface area contributed by atoms with Gasteiger partial charge in [0.25, 0.3) is 0 Å². The van der Waals surface area contributed by atoms with Crippen LogP contribution < -0.4 is 4.74 Å². The second-order valence-electron chi connectivity index (χ2n) is 7.01. The van der Waals surface area contributed by atoms with Crippen molar-refractivity contribution in [2.45, 2.75) is 44.9 Å². The number of nitro groups is 1. The van der Waals surface area contributed by atoms with Gasteiger partial charge in [0, 0.05) is 25.8 Å². The second-order valence-corrected chi connectivity index (χ2v) is 7.70. The Morgan fingerprint density at radius 3 is 3.00 bits per heavy atom. The lowest BCUT2D eigenvalue weighted by molar-refractivity contribution is -0.386. The first kappa shape index (κ1) is 20.8. The van der Waals surface area contributed by atoms with Gasteiger partial charge in [0.05, 0.1) is 29.1 Å². The summed E-state index contributed by atoms with van der Waals surface area (Å²) < 4.78 is 14.4. The molecule has 1 fully saturated rings. The summed E-state index contributed by atoms with van der Waals surface area (Å²) in [6.07, 6.45) is 5.03. The van der Waals surface area contributed by atoms with Crippen LogP contribution in [0.2, 0.25) is 10.4 Å². The summed E-state index contributed by atoms with van der Waals surface area (Å²) in [5.74, 6) is 0.00729. The summed E-state index contributed by atoms with van der Waals surface area (Å²) >= 11 is 11.9. The largest absolute Gasteiger partial charge is 0.472 e. The highest BCUT2D eigenvalue weighted by Crippen LogP contribution is 2.31. The van der Waals surface area contributed by atoms with Crippen molar-refractivity contribution in [2.24, 2.45) is 0 Å². The molecule has 0 aliphatic carbocycles. The van der Waals surface area contributed by atoms with Gasteiger partial charge in [0.2, 0.25) is 5.28 Å². The van der Waals surface area contributed by atoms with E-state index in [0.717, 1.165) is 12.8 Å². The van der Waals surface area contributed by atoms with Crippen LogP contribution in [0.25, 0.3) is 11.0 Å². The molecule has 0 saturated carbocycles. The van der Waals surface area contributed by atoms with Gasteiger partial charge in [-0.3, -0.25) is 14.8 Å². The maximum absolute atomic E-state index is 11.4. The van der Waals surface area contributed by atoms with Gasteiger partial charge < -0.3 is 9.47 Å². The number of fused-ring (bicyclic) bond motifs is 1. The first-order chi connectivity index (χ1) is 14.4. The molecule has 0 N–H and O–H groups in total. The summed E-state index contributed by atoms with van der Waals surface area (Å²) in [5, 5.41) is 20.9. The van der Waals surface area contributed by atoms with E-state index in [-0.39, 0.29) is 40.8 Å². The molecular weight excluding hydrogens is 437 g/mol. The van der Waals surface area contributed by atoms with Crippen molar-refractivity contribution >= 4 is 39.9 Å². The molecule has 2 atom stereocenters. The van der Waals surface area contributed by atoms with Crippen LogP contribution in [-0.4, -0.2) is 53.8 Å². The van der Waals surface area contributed by atoms with Gasteiger partial charge in [-0.15, -0.1) is 5.10 Å². The van der Waals surface area contributed by atoms with E-state index >= 15 is 0 Å². The summed E-state index contributed by atoms with van der Waals surface area (Å²) in [7, 11) is 0. The highest BCUT2D eigenvalue weighted by molar-refractivity contribution is 6.34. The molecule has 1 aliphatic rings. The number of halogens is 2. The van der Waals surface area contributed by atoms with Crippen LogP contribution in [0.3, 0.4) is 0 Å². The van der Waals surface area contributed by atoms with Crippen molar-refractivity contribution in [3.05, 3.63) is 32.9 Å². The van der Waals surface area contributed by atoms with Gasteiger partial charge in [0.1, 0.15) is 6.20 Å². The Bertz CT molecular complexity index is 1070. The van der Waals surface area contributed by atoms with E-state index in [1.807, 2.05) is 6.92 Å². The Morgan fingerprint density at radius 1 is 1.40 bits per heavy atom. The summed E-state index contributed by atoms with van der Waals surface area (Å²) in [6, 6.07) is 0.0480. The fourth-order valence-electron chi connectivity index (χ4n) is 3.44. The maximum Gasteiger partial charge on any atom is 0.350 e. The lowest BCUT2D eigenvalue weighted by Crippen LogP contribution is -2.25. The van der Waals surface area contributed by atoms with Gasteiger partial charge in [-0.05, 0) is 31.4 Å². The number of aryl methyl sites for hydroxylation is 1. The normalized spacial score (nSPS) is 19.3. The van der Waals surface area contributed by atoms with Crippen molar-refractivity contribution in [3.8, 4) is 5.88 Å². The molecule has 13 heteroatoms. The van der Waals surface area contributed by atoms with E-state index in [9.17, 15) is 10.1 Å². The average molecular weight is 456 g/mol. The molecule has 0 amide bonds. The number of rotatable bonds is 7. The summed E-state index contributed by atoms with van der Waals surface area (Å²) in [5.41, 5.74) is 0.366. The second kappa shape index (κ2) is 8.70. The highest BCUT2D eigenvalue weighted by atomic mass is 35.5. The maximum atomic E-state index is 11.4. The zero-order valence-corrected chi connectivity index (χ0v) is 17.6. The molecule has 1 saturated heterocycles. The van der Waals surface area contributed by atoms with E-state index in [4.69, 9.17) is 32.7 Å². The SMILES string of the molecule is C[C@H]1CC(n2cc([N+](=O)[O-])c(OCCCn3nc(Cl)c4cnc(Cl)nc43)n2)CCO1. The predicted molar refractivity (Wildman–Crippen MR) is 108 cm³/mol. The lowest BCUT2D eigenvalue weighted by Gasteiger charge is -2.27. The molecule has 4 heterocycles. The molecule has 0 bridgehead atoms. The molecule has 1 unspecified atom stereocenters. The number of hydrogen-bond acceptors (Lipinski definition) is 8. The van der Waals surface area contributed by atoms with Crippen molar-refractivity contribution in [1.82, 2.24) is 29.5 Å². The molecule has 3 aromatic heterocycles. The van der Waals surface area contributed by atoms with E-state index in [0.29, 0.717) is 30.6 Å². The van der Waals surface area contributed by atoms with E-state index in [1.165, 1.54) is 12.4 Å². The fraction of sp³-hybridized carbons (Fsp3) is 0.529. The van der Waals surface area contributed by atoms with Gasteiger partial charge >= 0.3 is 11.6 Å². The summed E-state index contributed by atoms with van der Waals surface area (Å²) in [4.78, 5) is 19.0. The predicted octanol–water partition coefficient (Wildman–Crippen LogP) is 3.45. The minimum atomic E-state index is -0.485. The molecule has 160 valence electrons. The van der Waals surface area contributed by atoms with Crippen LogP contribution in [0.15, 0.2) is 12.4 Å². The Labute approximate surface area is 181 Å². The van der Waals surface area contributed by atoms with Gasteiger partial charge in [0.15, 0.2) is 10.8 Å². The first-order valence-corrected chi connectivity index (χ1v) is 10.2. The standard InChI is InChI=1S/C17H19Cl2N7O4/c1-10-7-11(3-6-29-10)25-9-13(26(27)28)16(23-25)30-5-2-4-24-15-12(14(18)22-24)8-20-17(19)21-15/h8-11H,2-7H2,1H3/t10-,11?/m0/s1. The number of ether oxygens (including phenoxy) is 2. The third kappa shape index (κ3) is 4.32. The third-order valence-electron chi connectivity index (χ3n) is 4.88. The van der Waals surface area contributed by atoms with Gasteiger partial charge in [-0.1, -0.05) is 11.6 Å². The number of aromatic nitrogens is 6. The molecular formula is C17H19Cl2N7O4. The smallest absolute Gasteiger partial charge is 0.350 e. The molecule has 0 radical (unpaired) electrons. The van der Waals surface area contributed by atoms with E-state index < -0.39 is 4.92 Å². The zero-order valence-electron chi connectivity index (χ0n) is 16.1. The minimum absolute atomic E-state index is 0.00729. The van der Waals surface area contributed by atoms with Crippen LogP contribution in [0, 0.1) is 10.1 Å². The van der Waals surface area contributed by atoms with Crippen molar-refractivity contribution in [3.63, 3.8) is 0 Å². The van der Waals surface area contributed by atoms with E-state index in [1.54, 1.807) is 9.36 Å². The van der Waals surface area contributed by atoms with Crippen LogP contribution >= 0.6 is 23.2 Å². The molecule has 0 aromatic carbocycles. The topological polar surface area (TPSA) is 123 Å². The Balaban J connectivity index is 1.41. The molecule has 1 aliphatic heterocycles. The Kier molecular flexibility index (Phi) is 6.02. The van der Waals surface area contributed by atoms with Crippen LogP contribution in [0.1, 0.15) is 32.2 Å². The molecule has 11 nitrogen and oxygen atoms in total. The van der Waals surface area contributed by atoms with Crippen LogP contribution in [0.4, 0.5) is 5.69 Å². The van der Waals surface area contributed by atoms with Crippen LogP contribution in [-0.2, 0) is 11.3 Å². The lowest BCUT2D eigenvalue weighted by atomic mass is 10.1. The van der Waals surface area contributed by atoms with Gasteiger partial charge in [-0.2, -0.15) is 10.1 Å². The zero-order chi connectivity index (χ0) is 21.3. The highest BCUT2D eigenvalue weighted by Gasteiger charge is 2.27. The first-order valence-electron chi connectivity index (χ1n) is 9.45. The Morgan fingerprint density at radius 2 is 2.23 bits per heavy atom. The Hall–Kier alpha value is -2.50. The average Bonchev–Trinajstić information content (AvgIpc) is 3.27.